The number of benzene rings is 2. The maximum atomic E-state index is 11.0. The molecule has 0 saturated carbocycles. The summed E-state index contributed by atoms with van der Waals surface area (Å²) >= 11 is 6.79. The minimum Gasteiger partial charge on any atom is -0.497 e. The van der Waals surface area contributed by atoms with Gasteiger partial charge in [0.1, 0.15) is 29.8 Å². The van der Waals surface area contributed by atoms with E-state index in [0.717, 1.165) is 32.3 Å². The van der Waals surface area contributed by atoms with E-state index in [2.05, 4.69) is 138 Å². The third-order valence-electron chi connectivity index (χ3n) is 13.7. The summed E-state index contributed by atoms with van der Waals surface area (Å²) in [7, 11) is -0.240. The number of rotatable bonds is 21. The zero-order valence-electron chi connectivity index (χ0n) is 47.4. The number of halogens is 2. The van der Waals surface area contributed by atoms with E-state index in [1.807, 2.05) is 83.1 Å². The number of hydrogen-bond donors (Lipinski definition) is 1. The Morgan fingerprint density at radius 2 is 1.10 bits per heavy atom. The summed E-state index contributed by atoms with van der Waals surface area (Å²) in [5.41, 5.74) is 2.15. The Morgan fingerprint density at radius 1 is 0.681 bits per heavy atom. The van der Waals surface area contributed by atoms with E-state index in [0.29, 0.717) is 45.2 Å². The van der Waals surface area contributed by atoms with Crippen LogP contribution in [0.5, 0.6) is 11.5 Å². The third kappa shape index (κ3) is 23.1. The molecule has 9 atom stereocenters. The lowest BCUT2D eigenvalue weighted by molar-refractivity contribution is -0.153. The Kier molecular flexibility index (Phi) is 27.1. The van der Waals surface area contributed by atoms with Crippen molar-refractivity contribution in [1.29, 1.82) is 0 Å². The Bertz CT molecular complexity index is 1980. The molecule has 12 nitrogen and oxygen atoms in total. The normalized spacial score (nSPS) is 21.8. The summed E-state index contributed by atoms with van der Waals surface area (Å²) in [5.74, 6) is 6.76. The van der Waals surface area contributed by atoms with E-state index < -0.39 is 46.5 Å². The molecule has 410 valence electrons. The number of hydrogen-bond acceptors (Lipinski definition) is 12. The van der Waals surface area contributed by atoms with E-state index >= 15 is 0 Å². The van der Waals surface area contributed by atoms with Crippen molar-refractivity contribution in [3.63, 3.8) is 0 Å². The highest BCUT2D eigenvalue weighted by Crippen LogP contribution is 2.40. The molecule has 16 heteroatoms. The molecule has 1 N–H and O–H groups in total. The van der Waals surface area contributed by atoms with Gasteiger partial charge in [-0.1, -0.05) is 90.6 Å². The van der Waals surface area contributed by atoms with Crippen LogP contribution in [-0.2, 0) is 55.3 Å². The van der Waals surface area contributed by atoms with Crippen LogP contribution in [0.15, 0.2) is 58.0 Å². The van der Waals surface area contributed by atoms with Crippen molar-refractivity contribution in [2.75, 3.05) is 27.4 Å². The topological polar surface area (TPSA) is 130 Å². The predicted molar refractivity (Wildman–Crippen MR) is 302 cm³/mol. The first kappa shape index (κ1) is 66.2. The van der Waals surface area contributed by atoms with E-state index in [1.165, 1.54) is 0 Å². The summed E-state index contributed by atoms with van der Waals surface area (Å²) in [5, 5.41) is 11.3. The van der Waals surface area contributed by atoms with Crippen LogP contribution in [0.3, 0.4) is 0 Å². The first-order valence-corrected chi connectivity index (χ1v) is 32.7. The quantitative estimate of drug-likeness (QED) is 0.0553. The SMILES string of the molecule is COc1ccc(COCC[C@@H]2OC(C)(C)O[C@@H]2C(O)C#C[C@@H](C)C(C)O[Si](C)(C)C(C)(C)C)cc1.COc1ccc(COCC[C@@H]2OC(C)(C)O[C@@H]2C=O)cc1.C[C@H](C=C(Br)Br)[C@H](C)O[Si](C)(C)C(C)(C)C. The molecule has 2 aromatic rings. The Labute approximate surface area is 454 Å². The van der Waals surface area contributed by atoms with Crippen LogP contribution >= 0.6 is 31.9 Å². The van der Waals surface area contributed by atoms with Gasteiger partial charge in [-0.25, -0.2) is 0 Å². The van der Waals surface area contributed by atoms with E-state index in [4.69, 9.17) is 46.7 Å². The van der Waals surface area contributed by atoms with Gasteiger partial charge in [0.05, 0.1) is 49.1 Å². The first-order chi connectivity index (χ1) is 33.2. The number of carbonyl (C=O) groups excluding carboxylic acids is 1. The molecule has 0 bridgehead atoms. The average molecular weight is 1170 g/mol. The van der Waals surface area contributed by atoms with Crippen molar-refractivity contribution >= 4 is 54.8 Å². The fourth-order valence-corrected chi connectivity index (χ4v) is 10.8. The van der Waals surface area contributed by atoms with Gasteiger partial charge in [-0.15, -0.1) is 0 Å². The van der Waals surface area contributed by atoms with E-state index in [9.17, 15) is 9.90 Å². The molecule has 2 heterocycles. The molecule has 2 aliphatic heterocycles. The second-order valence-corrected chi connectivity index (χ2v) is 35.1. The molecule has 4 rings (SSSR count). The molecule has 2 unspecified atom stereocenters. The van der Waals surface area contributed by atoms with Crippen molar-refractivity contribution in [3.8, 4) is 23.3 Å². The molecule has 0 radical (unpaired) electrons. The van der Waals surface area contributed by atoms with Crippen molar-refractivity contribution < 1.29 is 56.6 Å². The lowest BCUT2D eigenvalue weighted by Crippen LogP contribution is -2.44. The monoisotopic (exact) mass is 1170 g/mol. The molecule has 2 aliphatic rings. The summed E-state index contributed by atoms with van der Waals surface area (Å²) in [6, 6.07) is 15.5. The first-order valence-electron chi connectivity index (χ1n) is 25.3. The highest BCUT2D eigenvalue weighted by molar-refractivity contribution is 9.28. The minimum atomic E-state index is -1.89. The summed E-state index contributed by atoms with van der Waals surface area (Å²) < 4.78 is 58.8. The van der Waals surface area contributed by atoms with Gasteiger partial charge >= 0.3 is 0 Å². The standard InChI is InChI=1S/C28H46O6Si.C16H22O5.C12H24Br2OSi/c1-20(21(2)34-35(9,10)27(3,4)5)11-16-24(29)26-25(32-28(6,7)33-26)17-18-31-19-22-12-14-23(30-8)15-13-22;1-16(2)20-14(15(10-17)21-16)8-9-19-11-12-4-6-13(18-3)7-5-12;1-9(8-11(13)14)10(2)15-16(6,7)12(3,4)5/h12-15,20-21,24-26,29H,17-19H2,1-10H3;4-7,10,14-15H,8-9,11H2,1-3H3;8-10H,1-7H3/t20-,21?,24?,25+,26-;14-,15+;9-,10+/m101/s1. The second-order valence-electron chi connectivity index (χ2n) is 22.8. The molecule has 2 saturated heterocycles. The average Bonchev–Trinajstić information content (AvgIpc) is 3.77. The maximum Gasteiger partial charge on any atom is 0.192 e. The highest BCUT2D eigenvalue weighted by atomic mass is 79.9. The van der Waals surface area contributed by atoms with Gasteiger partial charge in [-0.2, -0.15) is 0 Å². The smallest absolute Gasteiger partial charge is 0.192 e. The molecule has 0 amide bonds. The summed E-state index contributed by atoms with van der Waals surface area (Å²) in [4.78, 5) is 11.0. The van der Waals surface area contributed by atoms with Crippen LogP contribution in [0.25, 0.3) is 0 Å². The molecule has 72 heavy (non-hydrogen) atoms. The Hall–Kier alpha value is -1.96. The van der Waals surface area contributed by atoms with E-state index in [1.54, 1.807) is 14.2 Å². The van der Waals surface area contributed by atoms with Gasteiger partial charge in [0.2, 0.25) is 0 Å². The van der Waals surface area contributed by atoms with Gasteiger partial charge in [-0.3, -0.25) is 0 Å². The molecule has 0 aromatic heterocycles. The van der Waals surface area contributed by atoms with E-state index in [-0.39, 0.29) is 40.4 Å². The fraction of sp³-hybridized carbons (Fsp3) is 0.696. The van der Waals surface area contributed by atoms with Crippen LogP contribution in [0.4, 0.5) is 0 Å². The maximum absolute atomic E-state index is 11.0. The van der Waals surface area contributed by atoms with Crippen LogP contribution in [0, 0.1) is 23.7 Å². The van der Waals surface area contributed by atoms with Crippen LogP contribution < -0.4 is 9.47 Å². The molecular formula is C56H92Br2O12Si2. The molecule has 0 aliphatic carbocycles. The zero-order chi connectivity index (χ0) is 54.9. The fourth-order valence-electron chi connectivity index (χ4n) is 7.02. The number of methoxy groups -OCH3 is 2. The lowest BCUT2D eigenvalue weighted by atomic mass is 10.0. The van der Waals surface area contributed by atoms with Crippen LogP contribution in [0.2, 0.25) is 36.3 Å². The van der Waals surface area contributed by atoms with Gasteiger partial charge in [0.25, 0.3) is 0 Å². The summed E-state index contributed by atoms with van der Waals surface area (Å²) in [6.45, 7) is 40.4. The lowest BCUT2D eigenvalue weighted by Gasteiger charge is -2.39. The third-order valence-corrected chi connectivity index (χ3v) is 23.4. The van der Waals surface area contributed by atoms with Gasteiger partial charge in [0.15, 0.2) is 34.5 Å². The van der Waals surface area contributed by atoms with Crippen molar-refractivity contribution in [2.24, 2.45) is 11.8 Å². The number of aliphatic hydroxyl groups excluding tert-OH is 1. The van der Waals surface area contributed by atoms with Gasteiger partial charge < -0.3 is 56.6 Å². The second kappa shape index (κ2) is 29.5. The number of aldehydes is 1. The Balaban J connectivity index is 0.000000407. The summed E-state index contributed by atoms with van der Waals surface area (Å²) in [6.07, 6.45) is 1.85. The van der Waals surface area contributed by atoms with Crippen LogP contribution in [-0.4, -0.2) is 110 Å². The molecular weight excluding hydrogens is 1080 g/mol. The van der Waals surface area contributed by atoms with Crippen LogP contribution in [0.1, 0.15) is 121 Å². The molecule has 2 aromatic carbocycles. The van der Waals surface area contributed by atoms with Crippen molar-refractivity contribution in [1.82, 2.24) is 0 Å². The molecule has 2 fully saturated rings. The largest absolute Gasteiger partial charge is 0.497 e. The van der Waals surface area contributed by atoms with Gasteiger partial charge in [-0.05, 0) is 158 Å². The van der Waals surface area contributed by atoms with Crippen molar-refractivity contribution in [2.45, 2.75) is 214 Å². The number of carbonyl (C=O) groups is 1. The Morgan fingerprint density at radius 3 is 1.51 bits per heavy atom. The molecule has 0 spiro atoms. The predicted octanol–water partition coefficient (Wildman–Crippen LogP) is 13.5. The minimum absolute atomic E-state index is 0.0135. The highest BCUT2D eigenvalue weighted by Gasteiger charge is 2.45. The van der Waals surface area contributed by atoms with Gasteiger partial charge in [0, 0.05) is 37.6 Å². The zero-order valence-corrected chi connectivity index (χ0v) is 52.6. The number of aliphatic hydroxyl groups is 1. The number of ether oxygens (including phenoxy) is 8. The van der Waals surface area contributed by atoms with Crippen molar-refractivity contribution in [3.05, 3.63) is 69.1 Å².